The van der Waals surface area contributed by atoms with Crippen LogP contribution in [0.1, 0.15) is 5.56 Å². The minimum atomic E-state index is -0.307. The lowest BCUT2D eigenvalue weighted by Crippen LogP contribution is -2.18. The van der Waals surface area contributed by atoms with Crippen molar-refractivity contribution in [2.75, 3.05) is 19.1 Å². The van der Waals surface area contributed by atoms with Crippen molar-refractivity contribution in [3.8, 4) is 5.75 Å². The van der Waals surface area contributed by atoms with Crippen LogP contribution in [0.4, 0.5) is 11.5 Å². The van der Waals surface area contributed by atoms with E-state index in [0.29, 0.717) is 12.4 Å². The van der Waals surface area contributed by atoms with Crippen LogP contribution in [0.15, 0.2) is 35.4 Å². The molecule has 1 aromatic carbocycles. The SMILES string of the molecule is COc1c(N(C)c2ccc(CN)cc2)nc[nH]c1=O. The van der Waals surface area contributed by atoms with Gasteiger partial charge in [0.15, 0.2) is 5.82 Å². The van der Waals surface area contributed by atoms with Crippen LogP contribution in [0, 0.1) is 0 Å². The minimum absolute atomic E-state index is 0.188. The maximum Gasteiger partial charge on any atom is 0.295 e. The molecule has 0 aliphatic rings. The van der Waals surface area contributed by atoms with Crippen molar-refractivity contribution in [2.24, 2.45) is 5.73 Å². The Bertz CT molecular complexity index is 607. The zero-order valence-electron chi connectivity index (χ0n) is 10.9. The van der Waals surface area contributed by atoms with Crippen molar-refractivity contribution >= 4 is 11.5 Å². The Kier molecular flexibility index (Phi) is 3.82. The number of anilines is 2. The maximum atomic E-state index is 11.6. The molecule has 2 rings (SSSR count). The fourth-order valence-corrected chi connectivity index (χ4v) is 1.78. The van der Waals surface area contributed by atoms with Crippen LogP contribution in [0.5, 0.6) is 5.75 Å². The van der Waals surface area contributed by atoms with Crippen LogP contribution in [0.25, 0.3) is 0 Å². The summed E-state index contributed by atoms with van der Waals surface area (Å²) < 4.78 is 5.10. The van der Waals surface area contributed by atoms with Crippen LogP contribution in [0.2, 0.25) is 0 Å². The van der Waals surface area contributed by atoms with Gasteiger partial charge in [-0.1, -0.05) is 12.1 Å². The van der Waals surface area contributed by atoms with Crippen LogP contribution in [0.3, 0.4) is 0 Å². The van der Waals surface area contributed by atoms with Gasteiger partial charge in [-0.2, -0.15) is 0 Å². The largest absolute Gasteiger partial charge is 0.488 e. The van der Waals surface area contributed by atoms with E-state index in [2.05, 4.69) is 9.97 Å². The predicted octanol–water partition coefficient (Wildman–Crippen LogP) is 1.01. The molecule has 100 valence electrons. The number of benzene rings is 1. The number of ether oxygens (including phenoxy) is 1. The van der Waals surface area contributed by atoms with E-state index in [1.165, 1.54) is 13.4 Å². The molecule has 0 amide bonds. The molecule has 6 heteroatoms. The first-order valence-corrected chi connectivity index (χ1v) is 5.81. The second-order valence-corrected chi connectivity index (χ2v) is 4.02. The number of nitrogens with one attached hydrogen (secondary N) is 1. The molecule has 0 saturated carbocycles. The molecular formula is C13H16N4O2. The number of hydrogen-bond acceptors (Lipinski definition) is 5. The van der Waals surface area contributed by atoms with Crippen LogP contribution >= 0.6 is 0 Å². The Morgan fingerprint density at radius 1 is 1.37 bits per heavy atom. The number of hydrogen-bond donors (Lipinski definition) is 2. The van der Waals surface area contributed by atoms with Crippen molar-refractivity contribution in [1.29, 1.82) is 0 Å². The molecule has 3 N–H and O–H groups in total. The predicted molar refractivity (Wildman–Crippen MR) is 73.8 cm³/mol. The number of rotatable bonds is 4. The normalized spacial score (nSPS) is 10.3. The molecule has 1 aromatic heterocycles. The molecule has 0 atom stereocenters. The summed E-state index contributed by atoms with van der Waals surface area (Å²) in [5.74, 6) is 0.652. The molecule has 6 nitrogen and oxygen atoms in total. The van der Waals surface area contributed by atoms with Crippen LogP contribution in [-0.2, 0) is 6.54 Å². The van der Waals surface area contributed by atoms with E-state index in [1.54, 1.807) is 4.90 Å². The number of nitrogens with zero attached hydrogens (tertiary/aromatic N) is 2. The molecule has 0 aliphatic carbocycles. The molecule has 0 bridgehead atoms. The second-order valence-electron chi connectivity index (χ2n) is 4.02. The lowest BCUT2D eigenvalue weighted by molar-refractivity contribution is 0.407. The third-order valence-corrected chi connectivity index (χ3v) is 2.87. The molecule has 0 aliphatic heterocycles. The van der Waals surface area contributed by atoms with E-state index in [1.807, 2.05) is 31.3 Å². The molecular weight excluding hydrogens is 244 g/mol. The molecule has 0 saturated heterocycles. The first kappa shape index (κ1) is 13.1. The Morgan fingerprint density at radius 3 is 2.63 bits per heavy atom. The number of nitrogens with two attached hydrogens (primary N) is 1. The average Bonchev–Trinajstić information content (AvgIpc) is 2.46. The third-order valence-electron chi connectivity index (χ3n) is 2.87. The molecule has 19 heavy (non-hydrogen) atoms. The highest BCUT2D eigenvalue weighted by molar-refractivity contribution is 5.64. The molecule has 2 aromatic rings. The lowest BCUT2D eigenvalue weighted by Gasteiger charge is -2.19. The molecule has 0 spiro atoms. The highest BCUT2D eigenvalue weighted by Crippen LogP contribution is 2.26. The summed E-state index contributed by atoms with van der Waals surface area (Å²) in [6.45, 7) is 0.497. The van der Waals surface area contributed by atoms with Crippen molar-refractivity contribution in [3.63, 3.8) is 0 Å². The Labute approximate surface area is 110 Å². The summed E-state index contributed by atoms with van der Waals surface area (Å²) in [6, 6.07) is 7.71. The van der Waals surface area contributed by atoms with Crippen LogP contribution in [-0.4, -0.2) is 24.1 Å². The Hall–Kier alpha value is -2.34. The van der Waals surface area contributed by atoms with Gasteiger partial charge in [0.1, 0.15) is 0 Å². The number of methoxy groups -OCH3 is 1. The van der Waals surface area contributed by atoms with Crippen molar-refractivity contribution < 1.29 is 4.74 Å². The van der Waals surface area contributed by atoms with Gasteiger partial charge in [-0.15, -0.1) is 0 Å². The van der Waals surface area contributed by atoms with Gasteiger partial charge in [-0.05, 0) is 17.7 Å². The van der Waals surface area contributed by atoms with E-state index >= 15 is 0 Å². The van der Waals surface area contributed by atoms with E-state index < -0.39 is 0 Å². The summed E-state index contributed by atoms with van der Waals surface area (Å²) in [4.78, 5) is 20.1. The number of aromatic amines is 1. The van der Waals surface area contributed by atoms with Gasteiger partial charge in [0.05, 0.1) is 13.4 Å². The Morgan fingerprint density at radius 2 is 2.05 bits per heavy atom. The van der Waals surface area contributed by atoms with E-state index in [4.69, 9.17) is 10.5 Å². The summed E-state index contributed by atoms with van der Waals surface area (Å²) in [5.41, 5.74) is 7.20. The number of aromatic nitrogens is 2. The van der Waals surface area contributed by atoms with Crippen molar-refractivity contribution in [2.45, 2.75) is 6.54 Å². The quantitative estimate of drug-likeness (QED) is 0.857. The topological polar surface area (TPSA) is 84.2 Å². The molecule has 0 radical (unpaired) electrons. The zero-order chi connectivity index (χ0) is 13.8. The van der Waals surface area contributed by atoms with E-state index in [-0.39, 0.29) is 11.3 Å². The van der Waals surface area contributed by atoms with E-state index in [9.17, 15) is 4.79 Å². The fourth-order valence-electron chi connectivity index (χ4n) is 1.78. The van der Waals surface area contributed by atoms with Crippen molar-refractivity contribution in [1.82, 2.24) is 9.97 Å². The minimum Gasteiger partial charge on any atom is -0.488 e. The number of H-pyrrole nitrogens is 1. The van der Waals surface area contributed by atoms with Gasteiger partial charge in [0.2, 0.25) is 5.75 Å². The highest BCUT2D eigenvalue weighted by Gasteiger charge is 2.14. The monoisotopic (exact) mass is 260 g/mol. The molecule has 0 fully saturated rings. The first-order valence-electron chi connectivity index (χ1n) is 5.81. The van der Waals surface area contributed by atoms with Gasteiger partial charge in [0.25, 0.3) is 5.56 Å². The molecule has 1 heterocycles. The third kappa shape index (κ3) is 2.58. The summed E-state index contributed by atoms with van der Waals surface area (Å²) in [6.07, 6.45) is 1.35. The van der Waals surface area contributed by atoms with Crippen LogP contribution < -0.4 is 20.9 Å². The fraction of sp³-hybridized carbons (Fsp3) is 0.231. The smallest absolute Gasteiger partial charge is 0.295 e. The summed E-state index contributed by atoms with van der Waals surface area (Å²) >= 11 is 0. The molecule has 0 unspecified atom stereocenters. The standard InChI is InChI=1S/C13H16N4O2/c1-17(10-5-3-9(7-14)4-6-10)12-11(19-2)13(18)16-8-15-12/h3-6,8H,7,14H2,1-2H3,(H,15,16,18). The Balaban J connectivity index is 2.40. The summed E-state index contributed by atoms with van der Waals surface area (Å²) in [5, 5.41) is 0. The first-order chi connectivity index (χ1) is 9.17. The summed E-state index contributed by atoms with van der Waals surface area (Å²) in [7, 11) is 3.27. The van der Waals surface area contributed by atoms with E-state index in [0.717, 1.165) is 11.3 Å². The maximum absolute atomic E-state index is 11.6. The zero-order valence-corrected chi connectivity index (χ0v) is 10.9. The van der Waals surface area contributed by atoms with Gasteiger partial charge in [0, 0.05) is 19.3 Å². The van der Waals surface area contributed by atoms with Gasteiger partial charge in [-0.3, -0.25) is 4.79 Å². The van der Waals surface area contributed by atoms with Gasteiger partial charge in [-0.25, -0.2) is 4.98 Å². The van der Waals surface area contributed by atoms with Gasteiger partial charge >= 0.3 is 0 Å². The average molecular weight is 260 g/mol. The van der Waals surface area contributed by atoms with Gasteiger partial charge < -0.3 is 20.4 Å². The lowest BCUT2D eigenvalue weighted by atomic mass is 10.2. The van der Waals surface area contributed by atoms with Crippen molar-refractivity contribution in [3.05, 3.63) is 46.5 Å². The highest BCUT2D eigenvalue weighted by atomic mass is 16.5. The second kappa shape index (κ2) is 5.53.